The molecule has 6 nitrogen and oxygen atoms in total. The van der Waals surface area contributed by atoms with E-state index in [0.29, 0.717) is 0 Å². The molecule has 0 N–H and O–H groups in total. The number of pyridine rings is 6. The van der Waals surface area contributed by atoms with Gasteiger partial charge in [0.15, 0.2) is 0 Å². The summed E-state index contributed by atoms with van der Waals surface area (Å²) in [6, 6.07) is 54.5. The molecule has 0 saturated heterocycles. The first-order valence-corrected chi connectivity index (χ1v) is 17.9. The van der Waals surface area contributed by atoms with Gasteiger partial charge in [0.2, 0.25) is 0 Å². The molecular weight excluding hydrogens is 661 g/mol. The van der Waals surface area contributed by atoms with Crippen LogP contribution >= 0.6 is 0 Å². The molecule has 6 heteroatoms. The average Bonchev–Trinajstić information content (AvgIpc) is 3.25. The highest BCUT2D eigenvalue weighted by atomic mass is 14.8. The zero-order valence-corrected chi connectivity index (χ0v) is 28.8. The summed E-state index contributed by atoms with van der Waals surface area (Å²) in [6.07, 6.45) is 3.64. The maximum Gasteiger partial charge on any atom is 0.0972 e. The van der Waals surface area contributed by atoms with Gasteiger partial charge in [-0.2, -0.15) is 0 Å². The minimum Gasteiger partial charge on any atom is -0.254 e. The molecule has 0 spiro atoms. The van der Waals surface area contributed by atoms with E-state index in [1.54, 1.807) is 0 Å². The molecule has 250 valence electrons. The van der Waals surface area contributed by atoms with Crippen LogP contribution in [0.25, 0.3) is 110 Å². The Morgan fingerprint density at radius 3 is 1.15 bits per heavy atom. The quantitative estimate of drug-likeness (QED) is 0.171. The second kappa shape index (κ2) is 12.1. The predicted octanol–water partition coefficient (Wildman–Crippen LogP) is 11.6. The minimum absolute atomic E-state index is 0.822. The van der Waals surface area contributed by atoms with Crippen molar-refractivity contribution >= 4 is 65.4 Å². The standard InChI is InChI=1S/C48H28N6/c1-3-33-11-13-35-19-22-40(53-47(35)45(33)49-25-1)30-7-5-29(6-8-30)39-21-17-31-9-15-37(27-43(31)51-39)38-16-10-32-18-23-41(52-44(32)28-38)42-24-20-36-14-12-34-4-2-26-50-46(34)48(36)54-42/h1-28H. The van der Waals surface area contributed by atoms with Crippen molar-refractivity contribution in [1.29, 1.82) is 0 Å². The third-order valence-corrected chi connectivity index (χ3v) is 10.3. The summed E-state index contributed by atoms with van der Waals surface area (Å²) in [5.41, 5.74) is 13.2. The smallest absolute Gasteiger partial charge is 0.0972 e. The van der Waals surface area contributed by atoms with Crippen molar-refractivity contribution in [2.45, 2.75) is 0 Å². The zero-order chi connectivity index (χ0) is 35.6. The Bertz CT molecular complexity index is 3280. The molecule has 0 aliphatic heterocycles. The van der Waals surface area contributed by atoms with Crippen LogP contribution in [0, 0.1) is 0 Å². The molecule has 6 aromatic heterocycles. The van der Waals surface area contributed by atoms with Gasteiger partial charge in [0.05, 0.1) is 55.9 Å². The van der Waals surface area contributed by atoms with Crippen molar-refractivity contribution in [1.82, 2.24) is 29.9 Å². The Morgan fingerprint density at radius 1 is 0.259 bits per heavy atom. The van der Waals surface area contributed by atoms with Gasteiger partial charge < -0.3 is 0 Å². The summed E-state index contributed by atoms with van der Waals surface area (Å²) >= 11 is 0. The SMILES string of the molecule is c1cnc2c(c1)ccc1ccc(-c3ccc(-c4ccc5ccc(-c6ccc7ccc(-c8ccc9ccc%10cccnc%10c9n8)nc7c6)cc5n4)cc3)nc12. The van der Waals surface area contributed by atoms with E-state index in [1.807, 2.05) is 36.7 Å². The average molecular weight is 689 g/mol. The highest BCUT2D eigenvalue weighted by Gasteiger charge is 2.11. The summed E-state index contributed by atoms with van der Waals surface area (Å²) in [4.78, 5) is 29.5. The Kier molecular flexibility index (Phi) is 6.75. The molecule has 11 rings (SSSR count). The Hall–Kier alpha value is -7.44. The first-order valence-electron chi connectivity index (χ1n) is 17.9. The highest BCUT2D eigenvalue weighted by Crippen LogP contribution is 2.32. The molecule has 6 heterocycles. The lowest BCUT2D eigenvalue weighted by molar-refractivity contribution is 1.31. The fourth-order valence-electron chi connectivity index (χ4n) is 7.46. The molecule has 0 aliphatic carbocycles. The van der Waals surface area contributed by atoms with E-state index in [2.05, 4.69) is 143 Å². The van der Waals surface area contributed by atoms with E-state index in [0.717, 1.165) is 110 Å². The minimum atomic E-state index is 0.822. The number of nitrogens with zero attached hydrogens (tertiary/aromatic N) is 6. The summed E-state index contributed by atoms with van der Waals surface area (Å²) in [5, 5.41) is 6.46. The summed E-state index contributed by atoms with van der Waals surface area (Å²) in [6.45, 7) is 0. The van der Waals surface area contributed by atoms with E-state index in [-0.39, 0.29) is 0 Å². The largest absolute Gasteiger partial charge is 0.254 e. The van der Waals surface area contributed by atoms with Crippen molar-refractivity contribution in [3.8, 4) is 45.0 Å². The van der Waals surface area contributed by atoms with E-state index < -0.39 is 0 Å². The van der Waals surface area contributed by atoms with Gasteiger partial charge in [-0.25, -0.2) is 19.9 Å². The van der Waals surface area contributed by atoms with Gasteiger partial charge in [-0.1, -0.05) is 109 Å². The molecule has 0 fully saturated rings. The van der Waals surface area contributed by atoms with Crippen molar-refractivity contribution < 1.29 is 0 Å². The molecule has 0 unspecified atom stereocenters. The molecule has 0 aliphatic rings. The molecule has 0 saturated carbocycles. The molecule has 0 bridgehead atoms. The van der Waals surface area contributed by atoms with E-state index in [4.69, 9.17) is 19.9 Å². The Morgan fingerprint density at radius 2 is 0.611 bits per heavy atom. The number of hydrogen-bond donors (Lipinski definition) is 0. The lowest BCUT2D eigenvalue weighted by Gasteiger charge is -2.09. The lowest BCUT2D eigenvalue weighted by atomic mass is 10.0. The fraction of sp³-hybridized carbons (Fsp3) is 0. The van der Waals surface area contributed by atoms with Crippen LogP contribution in [0.1, 0.15) is 0 Å². The van der Waals surface area contributed by atoms with E-state index in [9.17, 15) is 0 Å². The molecule has 5 aromatic carbocycles. The third-order valence-electron chi connectivity index (χ3n) is 10.3. The van der Waals surface area contributed by atoms with Gasteiger partial charge in [0.1, 0.15) is 0 Å². The third kappa shape index (κ3) is 5.12. The van der Waals surface area contributed by atoms with Crippen molar-refractivity contribution in [3.05, 3.63) is 170 Å². The molecule has 11 aromatic rings. The topological polar surface area (TPSA) is 77.3 Å². The number of rotatable bonds is 4. The summed E-state index contributed by atoms with van der Waals surface area (Å²) in [7, 11) is 0. The molecular formula is C48H28N6. The second-order valence-corrected chi connectivity index (χ2v) is 13.6. The molecule has 0 radical (unpaired) electrons. The van der Waals surface area contributed by atoms with E-state index in [1.165, 1.54) is 0 Å². The van der Waals surface area contributed by atoms with Gasteiger partial charge in [-0.3, -0.25) is 9.97 Å². The maximum atomic E-state index is 5.12. The van der Waals surface area contributed by atoms with Crippen LogP contribution in [0.4, 0.5) is 0 Å². The van der Waals surface area contributed by atoms with Crippen molar-refractivity contribution in [2.75, 3.05) is 0 Å². The van der Waals surface area contributed by atoms with Crippen LogP contribution in [-0.4, -0.2) is 29.9 Å². The van der Waals surface area contributed by atoms with Crippen molar-refractivity contribution in [3.63, 3.8) is 0 Å². The maximum absolute atomic E-state index is 5.12. The molecule has 54 heavy (non-hydrogen) atoms. The van der Waals surface area contributed by atoms with Gasteiger partial charge >= 0.3 is 0 Å². The molecule has 0 atom stereocenters. The number of fused-ring (bicyclic) bond motifs is 8. The lowest BCUT2D eigenvalue weighted by Crippen LogP contribution is -1.92. The number of aromatic nitrogens is 6. The predicted molar refractivity (Wildman–Crippen MR) is 220 cm³/mol. The first kappa shape index (κ1) is 30.2. The number of hydrogen-bond acceptors (Lipinski definition) is 6. The van der Waals surface area contributed by atoms with Crippen LogP contribution < -0.4 is 0 Å². The highest BCUT2D eigenvalue weighted by molar-refractivity contribution is 6.04. The fourth-order valence-corrected chi connectivity index (χ4v) is 7.46. The monoisotopic (exact) mass is 688 g/mol. The zero-order valence-electron chi connectivity index (χ0n) is 28.8. The normalized spacial score (nSPS) is 11.7. The Balaban J connectivity index is 0.911. The van der Waals surface area contributed by atoms with Crippen molar-refractivity contribution in [2.24, 2.45) is 0 Å². The summed E-state index contributed by atoms with van der Waals surface area (Å²) < 4.78 is 0. The van der Waals surface area contributed by atoms with Crippen LogP contribution in [0.15, 0.2) is 170 Å². The first-order chi connectivity index (χ1) is 26.7. The van der Waals surface area contributed by atoms with Gasteiger partial charge in [0.25, 0.3) is 0 Å². The molecule has 0 amide bonds. The van der Waals surface area contributed by atoms with Crippen LogP contribution in [0.5, 0.6) is 0 Å². The van der Waals surface area contributed by atoms with Crippen LogP contribution in [0.2, 0.25) is 0 Å². The van der Waals surface area contributed by atoms with Crippen LogP contribution in [0.3, 0.4) is 0 Å². The Labute approximate surface area is 309 Å². The summed E-state index contributed by atoms with van der Waals surface area (Å²) in [5.74, 6) is 0. The van der Waals surface area contributed by atoms with Gasteiger partial charge in [0, 0.05) is 55.8 Å². The number of benzene rings is 5. The van der Waals surface area contributed by atoms with E-state index >= 15 is 0 Å². The van der Waals surface area contributed by atoms with Gasteiger partial charge in [-0.05, 0) is 59.7 Å². The van der Waals surface area contributed by atoms with Crippen LogP contribution in [-0.2, 0) is 0 Å². The van der Waals surface area contributed by atoms with Gasteiger partial charge in [-0.15, -0.1) is 0 Å². The second-order valence-electron chi connectivity index (χ2n) is 13.6.